The van der Waals surface area contributed by atoms with E-state index in [2.05, 4.69) is 4.90 Å². The number of nitrogens with zero attached hydrogens (tertiary/aromatic N) is 2. The van der Waals surface area contributed by atoms with E-state index in [0.717, 1.165) is 25.9 Å². The minimum atomic E-state index is -1.01. The Morgan fingerprint density at radius 2 is 1.95 bits per heavy atom. The highest BCUT2D eigenvalue weighted by Crippen LogP contribution is 2.10. The van der Waals surface area contributed by atoms with Gasteiger partial charge >= 0.3 is 5.97 Å². The number of aliphatic carboxylic acids is 1. The van der Waals surface area contributed by atoms with Gasteiger partial charge in [0.05, 0.1) is 19.7 Å². The van der Waals surface area contributed by atoms with Crippen LogP contribution in [0.2, 0.25) is 0 Å². The van der Waals surface area contributed by atoms with Gasteiger partial charge in [0.15, 0.2) is 6.10 Å². The highest BCUT2D eigenvalue weighted by atomic mass is 16.5. The summed E-state index contributed by atoms with van der Waals surface area (Å²) in [5.41, 5.74) is 5.82. The molecular weight excluding hydrogens is 250 g/mol. The lowest BCUT2D eigenvalue weighted by Gasteiger charge is -2.34. The molecule has 1 amide bonds. The fourth-order valence-corrected chi connectivity index (χ4v) is 2.43. The number of rotatable bonds is 3. The zero-order valence-electron chi connectivity index (χ0n) is 11.0. The molecule has 2 heterocycles. The Balaban J connectivity index is 1.80. The first-order chi connectivity index (χ1) is 9.06. The summed E-state index contributed by atoms with van der Waals surface area (Å²) >= 11 is 0. The fourth-order valence-electron chi connectivity index (χ4n) is 2.43. The number of piperidine rings is 1. The summed E-state index contributed by atoms with van der Waals surface area (Å²) in [6.07, 6.45) is 0.926. The van der Waals surface area contributed by atoms with Crippen LogP contribution < -0.4 is 5.73 Å². The predicted molar refractivity (Wildman–Crippen MR) is 67.6 cm³/mol. The van der Waals surface area contributed by atoms with Crippen molar-refractivity contribution in [2.24, 2.45) is 5.73 Å². The maximum Gasteiger partial charge on any atom is 0.334 e. The summed E-state index contributed by atoms with van der Waals surface area (Å²) < 4.78 is 5.10. The van der Waals surface area contributed by atoms with Crippen molar-refractivity contribution >= 4 is 11.9 Å². The average Bonchev–Trinajstić information content (AvgIpc) is 2.41. The first kappa shape index (κ1) is 14.2. The van der Waals surface area contributed by atoms with Gasteiger partial charge in [0.2, 0.25) is 5.91 Å². The molecule has 0 aromatic rings. The van der Waals surface area contributed by atoms with E-state index in [0.29, 0.717) is 13.1 Å². The summed E-state index contributed by atoms with van der Waals surface area (Å²) in [5.74, 6) is -1.04. The quantitative estimate of drug-likeness (QED) is 0.664. The van der Waals surface area contributed by atoms with Gasteiger partial charge in [-0.3, -0.25) is 9.69 Å². The van der Waals surface area contributed by atoms with E-state index in [1.807, 2.05) is 0 Å². The van der Waals surface area contributed by atoms with Crippen molar-refractivity contribution in [3.05, 3.63) is 0 Å². The van der Waals surface area contributed by atoms with E-state index < -0.39 is 12.1 Å². The number of hydrogen-bond donors (Lipinski definition) is 2. The maximum atomic E-state index is 12.1. The maximum absolute atomic E-state index is 12.1. The predicted octanol–water partition coefficient (Wildman–Crippen LogP) is -1.28. The lowest BCUT2D eigenvalue weighted by molar-refractivity contribution is -0.159. The summed E-state index contributed by atoms with van der Waals surface area (Å²) in [7, 11) is 0. The average molecular weight is 271 g/mol. The molecule has 2 rings (SSSR count). The van der Waals surface area contributed by atoms with Crippen LogP contribution in [0.5, 0.6) is 0 Å². The van der Waals surface area contributed by atoms with Crippen LogP contribution in [0.4, 0.5) is 0 Å². The molecule has 0 saturated carbocycles. The molecule has 108 valence electrons. The summed E-state index contributed by atoms with van der Waals surface area (Å²) in [6.45, 7) is 2.91. The van der Waals surface area contributed by atoms with Crippen molar-refractivity contribution in [2.75, 3.05) is 39.3 Å². The molecule has 0 bridgehead atoms. The van der Waals surface area contributed by atoms with Crippen molar-refractivity contribution in [1.82, 2.24) is 9.80 Å². The van der Waals surface area contributed by atoms with Gasteiger partial charge in [-0.05, 0) is 12.8 Å². The summed E-state index contributed by atoms with van der Waals surface area (Å²) in [4.78, 5) is 26.6. The third-order valence-electron chi connectivity index (χ3n) is 3.69. The van der Waals surface area contributed by atoms with Crippen molar-refractivity contribution < 1.29 is 19.4 Å². The molecule has 1 atom stereocenters. The Kier molecular flexibility index (Phi) is 4.73. The number of carbonyl (C=O) groups is 2. The second kappa shape index (κ2) is 6.31. The first-order valence-corrected chi connectivity index (χ1v) is 6.66. The zero-order chi connectivity index (χ0) is 13.8. The zero-order valence-corrected chi connectivity index (χ0v) is 11.0. The third-order valence-corrected chi connectivity index (χ3v) is 3.69. The summed E-state index contributed by atoms with van der Waals surface area (Å²) in [6, 6.07) is 0.242. The Morgan fingerprint density at radius 3 is 2.58 bits per heavy atom. The van der Waals surface area contributed by atoms with Gasteiger partial charge in [0.1, 0.15) is 0 Å². The lowest BCUT2D eigenvalue weighted by Crippen LogP contribution is -2.52. The third kappa shape index (κ3) is 3.89. The van der Waals surface area contributed by atoms with Crippen LogP contribution >= 0.6 is 0 Å². The highest BCUT2D eigenvalue weighted by Gasteiger charge is 2.30. The van der Waals surface area contributed by atoms with Gasteiger partial charge in [0.25, 0.3) is 0 Å². The molecule has 7 nitrogen and oxygen atoms in total. The van der Waals surface area contributed by atoms with Gasteiger partial charge in [-0.1, -0.05) is 0 Å². The SMILES string of the molecule is NC1CCN(CC(=O)N2CCOC(C(=O)O)C2)CC1. The van der Waals surface area contributed by atoms with Crippen LogP contribution in [0.1, 0.15) is 12.8 Å². The number of carboxylic acid groups (broad SMARTS) is 1. The van der Waals surface area contributed by atoms with Crippen LogP contribution in [-0.2, 0) is 14.3 Å². The number of morpholine rings is 1. The molecule has 2 fully saturated rings. The van der Waals surface area contributed by atoms with Crippen molar-refractivity contribution in [3.63, 3.8) is 0 Å². The molecule has 0 spiro atoms. The molecule has 7 heteroatoms. The van der Waals surface area contributed by atoms with E-state index in [4.69, 9.17) is 15.6 Å². The first-order valence-electron chi connectivity index (χ1n) is 6.66. The van der Waals surface area contributed by atoms with E-state index in [1.165, 1.54) is 0 Å². The molecule has 2 aliphatic rings. The molecule has 2 saturated heterocycles. The molecule has 0 radical (unpaired) electrons. The number of nitrogens with two attached hydrogens (primary N) is 1. The van der Waals surface area contributed by atoms with Crippen LogP contribution in [0.3, 0.4) is 0 Å². The minimum Gasteiger partial charge on any atom is -0.479 e. The molecule has 0 aromatic carbocycles. The van der Waals surface area contributed by atoms with E-state index in [-0.39, 0.29) is 25.1 Å². The summed E-state index contributed by atoms with van der Waals surface area (Å²) in [5, 5.41) is 8.90. The molecule has 0 aliphatic carbocycles. The standard InChI is InChI=1S/C12H21N3O4/c13-9-1-3-14(4-2-9)8-11(16)15-5-6-19-10(7-15)12(17)18/h9-10H,1-8,13H2,(H,17,18). The Bertz CT molecular complexity index is 342. The van der Waals surface area contributed by atoms with Gasteiger partial charge in [0, 0.05) is 25.7 Å². The minimum absolute atomic E-state index is 0.0231. The number of carbonyl (C=O) groups excluding carboxylic acids is 1. The smallest absolute Gasteiger partial charge is 0.334 e. The molecule has 1 unspecified atom stereocenters. The van der Waals surface area contributed by atoms with E-state index in [1.54, 1.807) is 4.90 Å². The van der Waals surface area contributed by atoms with Crippen LogP contribution in [0, 0.1) is 0 Å². The van der Waals surface area contributed by atoms with Crippen LogP contribution in [0.25, 0.3) is 0 Å². The Morgan fingerprint density at radius 1 is 1.26 bits per heavy atom. The second-order valence-corrected chi connectivity index (χ2v) is 5.15. The van der Waals surface area contributed by atoms with E-state index >= 15 is 0 Å². The van der Waals surface area contributed by atoms with Gasteiger partial charge in [-0.2, -0.15) is 0 Å². The van der Waals surface area contributed by atoms with Crippen molar-refractivity contribution in [2.45, 2.75) is 25.0 Å². The lowest BCUT2D eigenvalue weighted by atomic mass is 10.1. The highest BCUT2D eigenvalue weighted by molar-refractivity contribution is 5.80. The Labute approximate surface area is 112 Å². The number of ether oxygens (including phenoxy) is 1. The molecule has 19 heavy (non-hydrogen) atoms. The molecule has 2 aliphatic heterocycles. The van der Waals surface area contributed by atoms with Crippen LogP contribution in [0.15, 0.2) is 0 Å². The number of amides is 1. The number of hydrogen-bond acceptors (Lipinski definition) is 5. The van der Waals surface area contributed by atoms with Gasteiger partial charge in [-0.15, -0.1) is 0 Å². The van der Waals surface area contributed by atoms with Crippen LogP contribution in [-0.4, -0.2) is 78.3 Å². The second-order valence-electron chi connectivity index (χ2n) is 5.15. The molecule has 3 N–H and O–H groups in total. The normalized spacial score (nSPS) is 26.4. The topological polar surface area (TPSA) is 96.1 Å². The largest absolute Gasteiger partial charge is 0.479 e. The van der Waals surface area contributed by atoms with E-state index in [9.17, 15) is 9.59 Å². The number of likely N-dealkylation sites (tertiary alicyclic amines) is 1. The monoisotopic (exact) mass is 271 g/mol. The molecule has 0 aromatic heterocycles. The van der Waals surface area contributed by atoms with Crippen molar-refractivity contribution in [3.8, 4) is 0 Å². The fraction of sp³-hybridized carbons (Fsp3) is 0.833. The number of carboxylic acids is 1. The molecular formula is C12H21N3O4. The van der Waals surface area contributed by atoms with Crippen molar-refractivity contribution in [1.29, 1.82) is 0 Å². The Hall–Kier alpha value is -1.18. The van der Waals surface area contributed by atoms with Gasteiger partial charge in [-0.25, -0.2) is 4.79 Å². The van der Waals surface area contributed by atoms with Gasteiger partial charge < -0.3 is 20.5 Å².